The van der Waals surface area contributed by atoms with Crippen molar-refractivity contribution in [2.24, 2.45) is 5.92 Å². The number of benzene rings is 1. The molecule has 1 atom stereocenters. The van der Waals surface area contributed by atoms with Crippen LogP contribution in [0.2, 0.25) is 0 Å². The number of rotatable bonds is 4. The van der Waals surface area contributed by atoms with Crippen molar-refractivity contribution < 1.29 is 9.13 Å². The topological polar surface area (TPSA) is 39.9 Å². The Hall–Kier alpha value is -2.05. The summed E-state index contributed by atoms with van der Waals surface area (Å²) < 4.78 is 20.6. The molecule has 6 heteroatoms. The van der Waals surface area contributed by atoms with Crippen LogP contribution in [0.15, 0.2) is 42.0 Å². The Morgan fingerprint density at radius 3 is 2.96 bits per heavy atom. The molecule has 0 spiro atoms. The molecule has 0 saturated carbocycles. The molecule has 3 heterocycles. The van der Waals surface area contributed by atoms with Gasteiger partial charge < -0.3 is 9.30 Å². The molecule has 0 bridgehead atoms. The van der Waals surface area contributed by atoms with E-state index in [1.165, 1.54) is 12.1 Å². The number of halogens is 1. The number of hydrogen-bond donors (Lipinski definition) is 0. The molecule has 2 aromatic heterocycles. The van der Waals surface area contributed by atoms with E-state index in [-0.39, 0.29) is 5.82 Å². The number of hydrogen-bond acceptors (Lipinski definition) is 4. The van der Waals surface area contributed by atoms with Crippen LogP contribution in [0.4, 0.5) is 4.39 Å². The highest BCUT2D eigenvalue weighted by atomic mass is 32.1. The molecule has 1 unspecified atom stereocenters. The molecular formula is C17H16FN3OS. The van der Waals surface area contributed by atoms with Gasteiger partial charge in [0.15, 0.2) is 10.8 Å². The average Bonchev–Trinajstić information content (AvgIpc) is 3.29. The maximum Gasteiger partial charge on any atom is 0.169 e. The molecule has 0 amide bonds. The van der Waals surface area contributed by atoms with E-state index in [0.717, 1.165) is 48.3 Å². The van der Waals surface area contributed by atoms with Gasteiger partial charge in [0, 0.05) is 42.4 Å². The second-order valence-corrected chi connectivity index (χ2v) is 6.54. The van der Waals surface area contributed by atoms with Crippen LogP contribution in [0.1, 0.15) is 6.42 Å². The Balaban J connectivity index is 1.59. The molecule has 3 aromatic rings. The number of thiazole rings is 1. The number of aromatic nitrogens is 3. The van der Waals surface area contributed by atoms with Crippen molar-refractivity contribution in [3.63, 3.8) is 0 Å². The molecule has 23 heavy (non-hydrogen) atoms. The first-order valence-corrected chi connectivity index (χ1v) is 8.48. The van der Waals surface area contributed by atoms with E-state index in [1.54, 1.807) is 23.5 Å². The van der Waals surface area contributed by atoms with Crippen molar-refractivity contribution in [1.29, 1.82) is 0 Å². The first-order valence-electron chi connectivity index (χ1n) is 7.60. The van der Waals surface area contributed by atoms with Crippen LogP contribution in [-0.4, -0.2) is 27.7 Å². The summed E-state index contributed by atoms with van der Waals surface area (Å²) in [6.07, 6.45) is 4.90. The van der Waals surface area contributed by atoms with Crippen LogP contribution in [0.5, 0.6) is 0 Å². The zero-order chi connectivity index (χ0) is 15.6. The summed E-state index contributed by atoms with van der Waals surface area (Å²) in [5.41, 5.74) is 1.76. The zero-order valence-electron chi connectivity index (χ0n) is 12.5. The lowest BCUT2D eigenvalue weighted by atomic mass is 10.1. The normalized spacial score (nSPS) is 17.7. The van der Waals surface area contributed by atoms with Crippen molar-refractivity contribution in [1.82, 2.24) is 14.5 Å². The highest BCUT2D eigenvalue weighted by Crippen LogP contribution is 2.29. The summed E-state index contributed by atoms with van der Waals surface area (Å²) in [7, 11) is 0. The van der Waals surface area contributed by atoms with Gasteiger partial charge in [0.05, 0.1) is 12.3 Å². The van der Waals surface area contributed by atoms with E-state index in [0.29, 0.717) is 5.92 Å². The van der Waals surface area contributed by atoms with Gasteiger partial charge in [0.25, 0.3) is 0 Å². The van der Waals surface area contributed by atoms with Gasteiger partial charge in [-0.15, -0.1) is 11.3 Å². The third kappa shape index (κ3) is 3.04. The van der Waals surface area contributed by atoms with Gasteiger partial charge in [-0.2, -0.15) is 0 Å². The number of nitrogens with zero attached hydrogens (tertiary/aromatic N) is 3. The Morgan fingerprint density at radius 2 is 2.17 bits per heavy atom. The van der Waals surface area contributed by atoms with Crippen LogP contribution in [-0.2, 0) is 11.3 Å². The van der Waals surface area contributed by atoms with Gasteiger partial charge in [0.1, 0.15) is 5.82 Å². The second kappa shape index (κ2) is 6.22. The molecule has 0 aliphatic carbocycles. The van der Waals surface area contributed by atoms with E-state index in [4.69, 9.17) is 4.74 Å². The van der Waals surface area contributed by atoms with Gasteiger partial charge in [-0.3, -0.25) is 0 Å². The van der Waals surface area contributed by atoms with Crippen molar-refractivity contribution in [2.45, 2.75) is 13.0 Å². The third-order valence-corrected chi connectivity index (χ3v) is 4.87. The number of imidazole rings is 1. The van der Waals surface area contributed by atoms with Crippen LogP contribution in [0.3, 0.4) is 0 Å². The van der Waals surface area contributed by atoms with Crippen molar-refractivity contribution >= 4 is 11.3 Å². The Kier molecular flexibility index (Phi) is 3.93. The maximum atomic E-state index is 13.0. The van der Waals surface area contributed by atoms with Crippen molar-refractivity contribution in [3.8, 4) is 22.1 Å². The Labute approximate surface area is 137 Å². The smallest absolute Gasteiger partial charge is 0.169 e. The minimum absolute atomic E-state index is 0.237. The summed E-state index contributed by atoms with van der Waals surface area (Å²) in [5.74, 6) is 1.19. The lowest BCUT2D eigenvalue weighted by Gasteiger charge is -2.10. The fraction of sp³-hybridized carbons (Fsp3) is 0.294. The van der Waals surface area contributed by atoms with E-state index in [2.05, 4.69) is 14.5 Å². The van der Waals surface area contributed by atoms with Gasteiger partial charge >= 0.3 is 0 Å². The van der Waals surface area contributed by atoms with Gasteiger partial charge in [-0.25, -0.2) is 14.4 Å². The van der Waals surface area contributed by atoms with Crippen LogP contribution in [0, 0.1) is 11.7 Å². The lowest BCUT2D eigenvalue weighted by Crippen LogP contribution is -2.10. The molecule has 1 aromatic carbocycles. The molecule has 0 radical (unpaired) electrons. The molecular weight excluding hydrogens is 313 g/mol. The first-order chi connectivity index (χ1) is 11.3. The van der Waals surface area contributed by atoms with Crippen molar-refractivity contribution in [2.75, 3.05) is 13.2 Å². The summed E-state index contributed by atoms with van der Waals surface area (Å²) in [6.45, 7) is 2.57. The van der Waals surface area contributed by atoms with Crippen LogP contribution < -0.4 is 0 Å². The highest BCUT2D eigenvalue weighted by molar-refractivity contribution is 7.13. The minimum atomic E-state index is -0.237. The lowest BCUT2D eigenvalue weighted by molar-refractivity contribution is 0.182. The Morgan fingerprint density at radius 1 is 1.30 bits per heavy atom. The van der Waals surface area contributed by atoms with Gasteiger partial charge in [-0.05, 0) is 30.7 Å². The second-order valence-electron chi connectivity index (χ2n) is 5.68. The summed E-state index contributed by atoms with van der Waals surface area (Å²) in [6, 6.07) is 6.40. The quantitative estimate of drug-likeness (QED) is 0.730. The molecule has 4 nitrogen and oxygen atoms in total. The van der Waals surface area contributed by atoms with Gasteiger partial charge in [-0.1, -0.05) is 0 Å². The standard InChI is InChI=1S/C17H16FN3OS/c18-14-3-1-13(2-4-14)15-11-23-17(20-15)16-19-6-7-21(16)9-12-5-8-22-10-12/h1-4,6-7,11-12H,5,8-10H2. The predicted molar refractivity (Wildman–Crippen MR) is 87.7 cm³/mol. The number of ether oxygens (including phenoxy) is 1. The van der Waals surface area contributed by atoms with Crippen LogP contribution >= 0.6 is 11.3 Å². The summed E-state index contributed by atoms with van der Waals surface area (Å²) in [5, 5.41) is 2.87. The molecule has 118 valence electrons. The van der Waals surface area contributed by atoms with Crippen LogP contribution in [0.25, 0.3) is 22.1 Å². The minimum Gasteiger partial charge on any atom is -0.381 e. The predicted octanol–water partition coefficient (Wildman–Crippen LogP) is 3.85. The SMILES string of the molecule is Fc1ccc(-c2csc(-c3nccn3CC3CCOC3)n2)cc1. The summed E-state index contributed by atoms with van der Waals surface area (Å²) >= 11 is 1.56. The molecule has 1 saturated heterocycles. The average molecular weight is 329 g/mol. The Bertz CT molecular complexity index is 790. The van der Waals surface area contributed by atoms with Gasteiger partial charge in [0.2, 0.25) is 0 Å². The molecule has 0 N–H and O–H groups in total. The first kappa shape index (κ1) is 14.5. The molecule has 1 fully saturated rings. The van der Waals surface area contributed by atoms with E-state index in [9.17, 15) is 4.39 Å². The highest BCUT2D eigenvalue weighted by Gasteiger charge is 2.19. The summed E-state index contributed by atoms with van der Waals surface area (Å²) in [4.78, 5) is 9.13. The fourth-order valence-electron chi connectivity index (χ4n) is 2.79. The molecule has 1 aliphatic heterocycles. The van der Waals surface area contributed by atoms with Crippen molar-refractivity contribution in [3.05, 3.63) is 47.9 Å². The van der Waals surface area contributed by atoms with E-state index >= 15 is 0 Å². The van der Waals surface area contributed by atoms with E-state index in [1.807, 2.05) is 17.8 Å². The largest absolute Gasteiger partial charge is 0.381 e. The maximum absolute atomic E-state index is 13.0. The van der Waals surface area contributed by atoms with E-state index < -0.39 is 0 Å². The monoisotopic (exact) mass is 329 g/mol. The molecule has 4 rings (SSSR count). The zero-order valence-corrected chi connectivity index (χ0v) is 13.3. The fourth-order valence-corrected chi connectivity index (χ4v) is 3.63. The third-order valence-electron chi connectivity index (χ3n) is 4.03. The molecule has 1 aliphatic rings.